The SMILES string of the molecule is COC1(Cl)C=CC=CC1C(=O)Cl. The maximum atomic E-state index is 10.9. The van der Waals surface area contributed by atoms with Crippen LogP contribution in [0.5, 0.6) is 0 Å². The zero-order valence-electron chi connectivity index (χ0n) is 6.46. The van der Waals surface area contributed by atoms with E-state index >= 15 is 0 Å². The molecular weight excluding hydrogens is 199 g/mol. The normalized spacial score (nSPS) is 33.8. The Hall–Kier alpha value is -0.310. The summed E-state index contributed by atoms with van der Waals surface area (Å²) in [6, 6.07) is 0. The van der Waals surface area contributed by atoms with Crippen LogP contribution in [0.4, 0.5) is 0 Å². The van der Waals surface area contributed by atoms with Crippen molar-refractivity contribution in [3.8, 4) is 0 Å². The molecule has 0 aromatic heterocycles. The van der Waals surface area contributed by atoms with Gasteiger partial charge in [-0.25, -0.2) is 0 Å². The minimum atomic E-state index is -1.12. The molecule has 0 N–H and O–H groups in total. The van der Waals surface area contributed by atoms with E-state index in [4.69, 9.17) is 27.9 Å². The van der Waals surface area contributed by atoms with Gasteiger partial charge in [0.25, 0.3) is 0 Å². The third-order valence-electron chi connectivity index (χ3n) is 1.72. The fourth-order valence-electron chi connectivity index (χ4n) is 1.02. The second-order valence-electron chi connectivity index (χ2n) is 2.43. The van der Waals surface area contributed by atoms with E-state index in [0.29, 0.717) is 0 Å². The fraction of sp³-hybridized carbons (Fsp3) is 0.375. The molecule has 1 aliphatic carbocycles. The van der Waals surface area contributed by atoms with Crippen LogP contribution in [0.1, 0.15) is 0 Å². The van der Waals surface area contributed by atoms with Gasteiger partial charge in [-0.1, -0.05) is 29.8 Å². The summed E-state index contributed by atoms with van der Waals surface area (Å²) in [6.07, 6.45) is 6.64. The number of ether oxygens (including phenoxy) is 1. The first-order valence-corrected chi connectivity index (χ1v) is 4.15. The molecule has 0 heterocycles. The van der Waals surface area contributed by atoms with Gasteiger partial charge in [-0.2, -0.15) is 0 Å². The lowest BCUT2D eigenvalue weighted by atomic mass is 9.98. The summed E-state index contributed by atoms with van der Waals surface area (Å²) >= 11 is 11.3. The zero-order valence-corrected chi connectivity index (χ0v) is 7.97. The molecule has 0 aromatic rings. The number of rotatable bonds is 2. The van der Waals surface area contributed by atoms with Crippen LogP contribution >= 0.6 is 23.2 Å². The molecule has 4 heteroatoms. The molecule has 0 aromatic carbocycles. The van der Waals surface area contributed by atoms with Gasteiger partial charge in [-0.05, 0) is 17.7 Å². The molecule has 2 atom stereocenters. The molecule has 0 bridgehead atoms. The van der Waals surface area contributed by atoms with Crippen LogP contribution in [-0.4, -0.2) is 17.4 Å². The highest BCUT2D eigenvalue weighted by Crippen LogP contribution is 2.33. The first-order chi connectivity index (χ1) is 5.60. The maximum Gasteiger partial charge on any atom is 0.233 e. The van der Waals surface area contributed by atoms with E-state index in [2.05, 4.69) is 0 Å². The summed E-state index contributed by atoms with van der Waals surface area (Å²) in [6.45, 7) is 0. The van der Waals surface area contributed by atoms with Crippen LogP contribution in [0.2, 0.25) is 0 Å². The van der Waals surface area contributed by atoms with Crippen LogP contribution in [-0.2, 0) is 9.53 Å². The molecule has 0 radical (unpaired) electrons. The van der Waals surface area contributed by atoms with Crippen molar-refractivity contribution in [2.24, 2.45) is 5.92 Å². The van der Waals surface area contributed by atoms with Gasteiger partial charge in [0.1, 0.15) is 0 Å². The van der Waals surface area contributed by atoms with Crippen molar-refractivity contribution in [1.82, 2.24) is 0 Å². The summed E-state index contributed by atoms with van der Waals surface area (Å²) in [4.78, 5) is 10.9. The van der Waals surface area contributed by atoms with E-state index in [1.807, 2.05) is 0 Å². The lowest BCUT2D eigenvalue weighted by molar-refractivity contribution is -0.117. The third-order valence-corrected chi connectivity index (χ3v) is 2.47. The van der Waals surface area contributed by atoms with Gasteiger partial charge in [0.15, 0.2) is 5.06 Å². The monoisotopic (exact) mass is 206 g/mol. The third kappa shape index (κ3) is 1.71. The Morgan fingerprint density at radius 2 is 2.25 bits per heavy atom. The van der Waals surface area contributed by atoms with Crippen molar-refractivity contribution in [3.63, 3.8) is 0 Å². The van der Waals surface area contributed by atoms with Gasteiger partial charge >= 0.3 is 0 Å². The molecule has 2 nitrogen and oxygen atoms in total. The van der Waals surface area contributed by atoms with E-state index in [0.717, 1.165) is 0 Å². The summed E-state index contributed by atoms with van der Waals surface area (Å²) < 4.78 is 4.97. The lowest BCUT2D eigenvalue weighted by Gasteiger charge is -2.28. The van der Waals surface area contributed by atoms with Gasteiger partial charge in [0.2, 0.25) is 5.24 Å². The highest BCUT2D eigenvalue weighted by molar-refractivity contribution is 6.64. The van der Waals surface area contributed by atoms with Crippen molar-refractivity contribution in [1.29, 1.82) is 0 Å². The van der Waals surface area contributed by atoms with Crippen LogP contribution in [0, 0.1) is 5.92 Å². The number of hydrogen-bond acceptors (Lipinski definition) is 2. The highest BCUT2D eigenvalue weighted by atomic mass is 35.5. The Labute approximate surface area is 80.8 Å². The topological polar surface area (TPSA) is 26.3 Å². The predicted molar refractivity (Wildman–Crippen MR) is 48.2 cm³/mol. The Morgan fingerprint density at radius 3 is 2.67 bits per heavy atom. The van der Waals surface area contributed by atoms with Gasteiger partial charge in [-0.15, -0.1) is 0 Å². The number of alkyl halides is 1. The molecule has 0 saturated carbocycles. The minimum Gasteiger partial charge on any atom is -0.358 e. The van der Waals surface area contributed by atoms with E-state index < -0.39 is 16.2 Å². The van der Waals surface area contributed by atoms with Gasteiger partial charge in [-0.3, -0.25) is 4.79 Å². The van der Waals surface area contributed by atoms with Crippen LogP contribution < -0.4 is 0 Å². The second-order valence-corrected chi connectivity index (χ2v) is 3.39. The number of hydrogen-bond donors (Lipinski definition) is 0. The Morgan fingerprint density at radius 1 is 1.58 bits per heavy atom. The molecular formula is C8H8Cl2O2. The van der Waals surface area contributed by atoms with E-state index in [1.54, 1.807) is 24.3 Å². The zero-order chi connectivity index (χ0) is 9.19. The smallest absolute Gasteiger partial charge is 0.233 e. The molecule has 66 valence electrons. The van der Waals surface area contributed by atoms with Crippen molar-refractivity contribution in [3.05, 3.63) is 24.3 Å². The van der Waals surface area contributed by atoms with E-state index in [-0.39, 0.29) is 0 Å². The van der Waals surface area contributed by atoms with Crippen LogP contribution in [0.15, 0.2) is 24.3 Å². The molecule has 0 spiro atoms. The summed E-state index contributed by atoms with van der Waals surface area (Å²) in [5, 5.41) is -1.64. The summed E-state index contributed by atoms with van der Waals surface area (Å²) in [7, 11) is 1.43. The maximum absolute atomic E-state index is 10.9. The Bertz CT molecular complexity index is 247. The molecule has 1 aliphatic rings. The van der Waals surface area contributed by atoms with Crippen molar-refractivity contribution < 1.29 is 9.53 Å². The molecule has 0 amide bonds. The lowest BCUT2D eigenvalue weighted by Crippen LogP contribution is -2.35. The minimum absolute atomic E-state index is 0.521. The van der Waals surface area contributed by atoms with E-state index in [1.165, 1.54) is 7.11 Å². The van der Waals surface area contributed by atoms with Crippen molar-refractivity contribution in [2.75, 3.05) is 7.11 Å². The quantitative estimate of drug-likeness (QED) is 0.511. The highest BCUT2D eigenvalue weighted by Gasteiger charge is 2.38. The summed E-state index contributed by atoms with van der Waals surface area (Å²) in [5.41, 5.74) is 0. The molecule has 0 fully saturated rings. The average molecular weight is 207 g/mol. The molecule has 1 rings (SSSR count). The standard InChI is InChI=1S/C8H8Cl2O2/c1-12-8(10)5-3-2-4-6(8)7(9)11/h2-6H,1H3. The van der Waals surface area contributed by atoms with Crippen molar-refractivity contribution in [2.45, 2.75) is 5.06 Å². The number of halogens is 2. The second kappa shape index (κ2) is 3.60. The molecule has 0 aliphatic heterocycles. The van der Waals surface area contributed by atoms with Gasteiger partial charge in [0, 0.05) is 7.11 Å². The van der Waals surface area contributed by atoms with Gasteiger partial charge < -0.3 is 4.74 Å². The first-order valence-electron chi connectivity index (χ1n) is 3.39. The molecule has 12 heavy (non-hydrogen) atoms. The summed E-state index contributed by atoms with van der Waals surface area (Å²) in [5.74, 6) is -0.615. The fourth-order valence-corrected chi connectivity index (χ4v) is 1.56. The molecule has 2 unspecified atom stereocenters. The van der Waals surface area contributed by atoms with E-state index in [9.17, 15) is 4.79 Å². The number of carbonyl (C=O) groups is 1. The first kappa shape index (κ1) is 9.78. The number of methoxy groups -OCH3 is 1. The van der Waals surface area contributed by atoms with Crippen molar-refractivity contribution >= 4 is 28.4 Å². The predicted octanol–water partition coefficient (Wildman–Crippen LogP) is 2.08. The number of carbonyl (C=O) groups excluding carboxylic acids is 1. The average Bonchev–Trinajstić information content (AvgIpc) is 2.05. The Balaban J connectivity index is 2.92. The van der Waals surface area contributed by atoms with Crippen LogP contribution in [0.25, 0.3) is 0 Å². The van der Waals surface area contributed by atoms with Gasteiger partial charge in [0.05, 0.1) is 5.92 Å². The molecule has 0 saturated heterocycles. The van der Waals surface area contributed by atoms with Crippen LogP contribution in [0.3, 0.4) is 0 Å². The Kier molecular flexibility index (Phi) is 2.94. The number of allylic oxidation sites excluding steroid dienone is 2. The largest absolute Gasteiger partial charge is 0.358 e.